The van der Waals surface area contributed by atoms with E-state index in [-0.39, 0.29) is 12.0 Å². The van der Waals surface area contributed by atoms with E-state index in [4.69, 9.17) is 4.74 Å². The number of aliphatic hydroxyl groups is 1. The molecule has 0 saturated carbocycles. The maximum absolute atomic E-state index is 12.0. The first-order valence-corrected chi connectivity index (χ1v) is 6.34. The van der Waals surface area contributed by atoms with Crippen molar-refractivity contribution in [1.29, 1.82) is 0 Å². The SMILES string of the molecule is CC(C)Oc1ccccc1N1CCCC(O)C1=O. The van der Waals surface area contributed by atoms with E-state index in [0.29, 0.717) is 18.7 Å². The van der Waals surface area contributed by atoms with E-state index in [2.05, 4.69) is 0 Å². The van der Waals surface area contributed by atoms with Crippen molar-refractivity contribution >= 4 is 11.6 Å². The summed E-state index contributed by atoms with van der Waals surface area (Å²) in [5.74, 6) is 0.455. The van der Waals surface area contributed by atoms with Crippen LogP contribution in [0, 0.1) is 0 Å². The molecule has 1 fully saturated rings. The molecule has 1 aliphatic heterocycles. The molecule has 0 spiro atoms. The van der Waals surface area contributed by atoms with Gasteiger partial charge in [-0.3, -0.25) is 4.79 Å². The lowest BCUT2D eigenvalue weighted by molar-refractivity contribution is -0.128. The molecule has 2 rings (SSSR count). The fourth-order valence-electron chi connectivity index (χ4n) is 2.13. The molecule has 0 bridgehead atoms. The normalized spacial score (nSPS) is 20.3. The molecule has 4 heteroatoms. The zero-order valence-electron chi connectivity index (χ0n) is 10.8. The standard InChI is InChI=1S/C14H19NO3/c1-10(2)18-13-8-4-3-6-11(13)15-9-5-7-12(16)14(15)17/h3-4,6,8,10,12,16H,5,7,9H2,1-2H3. The number of amides is 1. The summed E-state index contributed by atoms with van der Waals surface area (Å²) in [6, 6.07) is 7.46. The number of piperidine rings is 1. The molecule has 1 heterocycles. The number of hydrogen-bond acceptors (Lipinski definition) is 3. The van der Waals surface area contributed by atoms with Crippen LogP contribution in [0.3, 0.4) is 0 Å². The molecule has 1 amide bonds. The topological polar surface area (TPSA) is 49.8 Å². The Hall–Kier alpha value is -1.55. The summed E-state index contributed by atoms with van der Waals surface area (Å²) in [5.41, 5.74) is 0.745. The van der Waals surface area contributed by atoms with Gasteiger partial charge in [-0.2, -0.15) is 0 Å². The monoisotopic (exact) mass is 249 g/mol. The van der Waals surface area contributed by atoms with Gasteiger partial charge in [0.2, 0.25) is 0 Å². The van der Waals surface area contributed by atoms with Gasteiger partial charge >= 0.3 is 0 Å². The van der Waals surface area contributed by atoms with E-state index in [0.717, 1.165) is 12.1 Å². The Morgan fingerprint density at radius 1 is 1.39 bits per heavy atom. The number of ether oxygens (including phenoxy) is 1. The lowest BCUT2D eigenvalue weighted by atomic mass is 10.1. The fraction of sp³-hybridized carbons (Fsp3) is 0.500. The second kappa shape index (κ2) is 5.40. The molecular weight excluding hydrogens is 230 g/mol. The zero-order valence-corrected chi connectivity index (χ0v) is 10.8. The lowest BCUT2D eigenvalue weighted by Crippen LogP contribution is -2.44. The third kappa shape index (κ3) is 2.64. The predicted molar refractivity (Wildman–Crippen MR) is 69.8 cm³/mol. The average molecular weight is 249 g/mol. The van der Waals surface area contributed by atoms with E-state index < -0.39 is 6.10 Å². The molecule has 98 valence electrons. The molecule has 0 aliphatic carbocycles. The van der Waals surface area contributed by atoms with Crippen LogP contribution < -0.4 is 9.64 Å². The van der Waals surface area contributed by atoms with Gasteiger partial charge in [0, 0.05) is 6.54 Å². The maximum Gasteiger partial charge on any atom is 0.255 e. The van der Waals surface area contributed by atoms with Crippen molar-refractivity contribution in [2.75, 3.05) is 11.4 Å². The molecule has 1 aliphatic rings. The number of rotatable bonds is 3. The van der Waals surface area contributed by atoms with Crippen LogP contribution in [0.15, 0.2) is 24.3 Å². The number of para-hydroxylation sites is 2. The van der Waals surface area contributed by atoms with Crippen LogP contribution in [0.1, 0.15) is 26.7 Å². The smallest absolute Gasteiger partial charge is 0.255 e. The summed E-state index contributed by atoms with van der Waals surface area (Å²) in [6.45, 7) is 4.53. The number of benzene rings is 1. The minimum absolute atomic E-state index is 0.0518. The highest BCUT2D eigenvalue weighted by atomic mass is 16.5. The average Bonchev–Trinajstić information content (AvgIpc) is 2.33. The molecule has 1 N–H and O–H groups in total. The van der Waals surface area contributed by atoms with Gasteiger partial charge in [0.05, 0.1) is 11.8 Å². The zero-order chi connectivity index (χ0) is 13.1. The third-order valence-electron chi connectivity index (χ3n) is 2.93. The number of carbonyl (C=O) groups is 1. The second-order valence-corrected chi connectivity index (χ2v) is 4.78. The number of aliphatic hydroxyl groups excluding tert-OH is 1. The number of carbonyl (C=O) groups excluding carboxylic acids is 1. The first-order valence-electron chi connectivity index (χ1n) is 6.34. The Balaban J connectivity index is 2.29. The van der Waals surface area contributed by atoms with Crippen LogP contribution in [0.5, 0.6) is 5.75 Å². The van der Waals surface area contributed by atoms with E-state index >= 15 is 0 Å². The highest BCUT2D eigenvalue weighted by Gasteiger charge is 2.29. The molecule has 1 saturated heterocycles. The summed E-state index contributed by atoms with van der Waals surface area (Å²) in [7, 11) is 0. The van der Waals surface area contributed by atoms with E-state index in [1.165, 1.54) is 0 Å². The molecule has 1 unspecified atom stereocenters. The Labute approximate surface area is 107 Å². The van der Waals surface area contributed by atoms with Crippen molar-refractivity contribution in [3.63, 3.8) is 0 Å². The van der Waals surface area contributed by atoms with Crippen LogP contribution in [0.25, 0.3) is 0 Å². The minimum Gasteiger partial charge on any atom is -0.489 e. The predicted octanol–water partition coefficient (Wildman–Crippen LogP) is 1.96. The van der Waals surface area contributed by atoms with Crippen molar-refractivity contribution < 1.29 is 14.6 Å². The first kappa shape index (κ1) is 12.9. The largest absolute Gasteiger partial charge is 0.489 e. The summed E-state index contributed by atoms with van der Waals surface area (Å²) in [4.78, 5) is 13.6. The van der Waals surface area contributed by atoms with Gasteiger partial charge in [-0.15, -0.1) is 0 Å². The van der Waals surface area contributed by atoms with E-state index in [9.17, 15) is 9.90 Å². The Morgan fingerprint density at radius 3 is 2.83 bits per heavy atom. The first-order chi connectivity index (χ1) is 8.59. The van der Waals surface area contributed by atoms with Crippen molar-refractivity contribution in [3.8, 4) is 5.75 Å². The highest BCUT2D eigenvalue weighted by molar-refractivity contribution is 5.98. The second-order valence-electron chi connectivity index (χ2n) is 4.78. The molecule has 0 radical (unpaired) electrons. The van der Waals surface area contributed by atoms with Gasteiger partial charge in [0.25, 0.3) is 5.91 Å². The summed E-state index contributed by atoms with van der Waals surface area (Å²) in [5, 5.41) is 9.65. The van der Waals surface area contributed by atoms with Crippen LogP contribution in [-0.4, -0.2) is 29.8 Å². The summed E-state index contributed by atoms with van der Waals surface area (Å²) in [6.07, 6.45) is 0.521. The van der Waals surface area contributed by atoms with Gasteiger partial charge < -0.3 is 14.7 Å². The molecular formula is C14H19NO3. The van der Waals surface area contributed by atoms with Crippen molar-refractivity contribution in [3.05, 3.63) is 24.3 Å². The molecule has 4 nitrogen and oxygen atoms in total. The Bertz CT molecular complexity index is 431. The molecule has 18 heavy (non-hydrogen) atoms. The highest BCUT2D eigenvalue weighted by Crippen LogP contribution is 2.31. The van der Waals surface area contributed by atoms with Crippen molar-refractivity contribution in [2.45, 2.75) is 38.9 Å². The summed E-state index contributed by atoms with van der Waals surface area (Å²) < 4.78 is 5.71. The van der Waals surface area contributed by atoms with E-state index in [1.54, 1.807) is 4.90 Å². The van der Waals surface area contributed by atoms with Gasteiger partial charge in [-0.25, -0.2) is 0 Å². The van der Waals surface area contributed by atoms with Gasteiger partial charge in [0.1, 0.15) is 11.9 Å². The number of anilines is 1. The lowest BCUT2D eigenvalue weighted by Gasteiger charge is -2.31. The Morgan fingerprint density at radius 2 is 2.11 bits per heavy atom. The van der Waals surface area contributed by atoms with Crippen molar-refractivity contribution in [1.82, 2.24) is 0 Å². The van der Waals surface area contributed by atoms with Crippen LogP contribution in [0.2, 0.25) is 0 Å². The third-order valence-corrected chi connectivity index (χ3v) is 2.93. The molecule has 1 aromatic rings. The summed E-state index contributed by atoms with van der Waals surface area (Å²) >= 11 is 0. The van der Waals surface area contributed by atoms with Crippen LogP contribution in [0.4, 0.5) is 5.69 Å². The van der Waals surface area contributed by atoms with Crippen molar-refractivity contribution in [2.24, 2.45) is 0 Å². The molecule has 1 aromatic carbocycles. The Kier molecular flexibility index (Phi) is 3.87. The van der Waals surface area contributed by atoms with Crippen LogP contribution in [-0.2, 0) is 4.79 Å². The van der Waals surface area contributed by atoms with Crippen LogP contribution >= 0.6 is 0 Å². The van der Waals surface area contributed by atoms with E-state index in [1.807, 2.05) is 38.1 Å². The number of nitrogens with zero attached hydrogens (tertiary/aromatic N) is 1. The molecule has 0 aromatic heterocycles. The molecule has 1 atom stereocenters. The quantitative estimate of drug-likeness (QED) is 0.891. The van der Waals surface area contributed by atoms with Gasteiger partial charge in [0.15, 0.2) is 0 Å². The van der Waals surface area contributed by atoms with Gasteiger partial charge in [-0.05, 0) is 38.8 Å². The fourth-order valence-corrected chi connectivity index (χ4v) is 2.13. The number of hydrogen-bond donors (Lipinski definition) is 1. The maximum atomic E-state index is 12.0. The minimum atomic E-state index is -0.883. The van der Waals surface area contributed by atoms with Gasteiger partial charge in [-0.1, -0.05) is 12.1 Å².